The minimum Gasteiger partial charge on any atom is -0.454 e. The average Bonchev–Trinajstić information content (AvgIpc) is 3.28. The van der Waals surface area contributed by atoms with Gasteiger partial charge in [0.1, 0.15) is 0 Å². The zero-order valence-electron chi connectivity index (χ0n) is 18.2. The molecule has 164 valence electrons. The maximum atomic E-state index is 13.2. The Bertz CT molecular complexity index is 893. The average molecular weight is 421 g/mol. The third-order valence-corrected chi connectivity index (χ3v) is 6.99. The van der Waals surface area contributed by atoms with Gasteiger partial charge in [-0.1, -0.05) is 36.4 Å². The normalized spacial score (nSPS) is 21.9. The molecule has 0 N–H and O–H groups in total. The van der Waals surface area contributed by atoms with Crippen LogP contribution in [0, 0.1) is 11.8 Å². The van der Waals surface area contributed by atoms with Crippen LogP contribution in [0.4, 0.5) is 0 Å². The summed E-state index contributed by atoms with van der Waals surface area (Å²) in [5.74, 6) is 2.86. The molecule has 3 aliphatic heterocycles. The molecular weight excluding hydrogens is 388 g/mol. The zero-order chi connectivity index (χ0) is 21.0. The first kappa shape index (κ1) is 20.4. The smallest absolute Gasteiger partial charge is 0.231 e. The molecular formula is C26H32N2O3. The van der Waals surface area contributed by atoms with Crippen molar-refractivity contribution >= 4 is 5.91 Å². The number of amides is 1. The third kappa shape index (κ3) is 4.87. The summed E-state index contributed by atoms with van der Waals surface area (Å²) in [6.45, 7) is 4.90. The third-order valence-electron chi connectivity index (χ3n) is 6.99. The fourth-order valence-electron chi connectivity index (χ4n) is 5.26. The molecule has 31 heavy (non-hydrogen) atoms. The fourth-order valence-corrected chi connectivity index (χ4v) is 5.26. The van der Waals surface area contributed by atoms with Gasteiger partial charge in [0.05, 0.1) is 5.92 Å². The number of hydrogen-bond acceptors (Lipinski definition) is 4. The quantitative estimate of drug-likeness (QED) is 0.730. The van der Waals surface area contributed by atoms with Crippen LogP contribution >= 0.6 is 0 Å². The Morgan fingerprint density at radius 1 is 0.903 bits per heavy atom. The maximum Gasteiger partial charge on any atom is 0.231 e. The van der Waals surface area contributed by atoms with Crippen molar-refractivity contribution in [3.8, 4) is 11.5 Å². The second-order valence-corrected chi connectivity index (χ2v) is 9.22. The lowest BCUT2D eigenvalue weighted by Gasteiger charge is -2.38. The lowest BCUT2D eigenvalue weighted by Crippen LogP contribution is -2.47. The molecule has 0 aromatic heterocycles. The molecule has 2 aromatic rings. The number of carbonyl (C=O) groups excluding carboxylic acids is 1. The van der Waals surface area contributed by atoms with E-state index in [1.54, 1.807) is 0 Å². The number of carbonyl (C=O) groups is 1. The van der Waals surface area contributed by atoms with Crippen LogP contribution in [0.2, 0.25) is 0 Å². The lowest BCUT2D eigenvalue weighted by molar-refractivity contribution is -0.138. The van der Waals surface area contributed by atoms with Gasteiger partial charge in [-0.05, 0) is 67.8 Å². The maximum absolute atomic E-state index is 13.2. The Morgan fingerprint density at radius 2 is 1.71 bits per heavy atom. The van der Waals surface area contributed by atoms with Gasteiger partial charge in [0.25, 0.3) is 0 Å². The number of ether oxygens (including phenoxy) is 2. The van der Waals surface area contributed by atoms with Crippen LogP contribution in [-0.4, -0.2) is 48.7 Å². The topological polar surface area (TPSA) is 42.0 Å². The van der Waals surface area contributed by atoms with E-state index in [2.05, 4.69) is 52.3 Å². The number of rotatable bonds is 5. The SMILES string of the molecule is O=C(C1CCCN(Cc2ccc3c(c2)OCO3)C1)N1CCC(Cc2ccccc2)CC1. The first-order chi connectivity index (χ1) is 15.2. The van der Waals surface area contributed by atoms with Crippen molar-refractivity contribution < 1.29 is 14.3 Å². The highest BCUT2D eigenvalue weighted by molar-refractivity contribution is 5.79. The van der Waals surface area contributed by atoms with Gasteiger partial charge in [-0.2, -0.15) is 0 Å². The van der Waals surface area contributed by atoms with E-state index in [1.807, 2.05) is 6.07 Å². The number of benzene rings is 2. The molecule has 1 amide bonds. The predicted octanol–water partition coefficient (Wildman–Crippen LogP) is 4.11. The minimum atomic E-state index is 0.133. The monoisotopic (exact) mass is 420 g/mol. The summed E-state index contributed by atoms with van der Waals surface area (Å²) in [4.78, 5) is 17.8. The van der Waals surface area contributed by atoms with E-state index < -0.39 is 0 Å². The molecule has 0 spiro atoms. The predicted molar refractivity (Wildman–Crippen MR) is 120 cm³/mol. The number of nitrogens with zero attached hydrogens (tertiary/aromatic N) is 2. The van der Waals surface area contributed by atoms with Crippen LogP contribution in [0.3, 0.4) is 0 Å². The Balaban J connectivity index is 1.12. The standard InChI is InChI=1S/C26H32N2O3/c29-26(28-13-10-21(11-14-28)15-20-5-2-1-3-6-20)23-7-4-12-27(18-23)17-22-8-9-24-25(16-22)31-19-30-24/h1-3,5-6,8-9,16,21,23H,4,7,10-15,17-19H2. The second kappa shape index (κ2) is 9.31. The van der Waals surface area contributed by atoms with E-state index in [0.29, 0.717) is 18.6 Å². The highest BCUT2D eigenvalue weighted by atomic mass is 16.7. The van der Waals surface area contributed by atoms with E-state index in [1.165, 1.54) is 11.1 Å². The van der Waals surface area contributed by atoms with E-state index >= 15 is 0 Å². The van der Waals surface area contributed by atoms with Crippen LogP contribution in [-0.2, 0) is 17.8 Å². The van der Waals surface area contributed by atoms with Gasteiger partial charge in [-0.25, -0.2) is 0 Å². The molecule has 1 atom stereocenters. The molecule has 5 rings (SSSR count). The van der Waals surface area contributed by atoms with Crippen molar-refractivity contribution in [3.05, 3.63) is 59.7 Å². The molecule has 2 fully saturated rings. The molecule has 2 saturated heterocycles. The van der Waals surface area contributed by atoms with Crippen LogP contribution < -0.4 is 9.47 Å². The minimum absolute atomic E-state index is 0.133. The van der Waals surface area contributed by atoms with Crippen LogP contribution in [0.1, 0.15) is 36.8 Å². The van der Waals surface area contributed by atoms with Crippen molar-refractivity contribution in [2.45, 2.75) is 38.6 Å². The van der Waals surface area contributed by atoms with Gasteiger partial charge in [0.2, 0.25) is 12.7 Å². The summed E-state index contributed by atoms with van der Waals surface area (Å²) in [6.07, 6.45) is 5.48. The summed E-state index contributed by atoms with van der Waals surface area (Å²) in [5, 5.41) is 0. The Morgan fingerprint density at radius 3 is 2.55 bits per heavy atom. The molecule has 0 radical (unpaired) electrons. The Kier molecular flexibility index (Phi) is 6.12. The molecule has 0 bridgehead atoms. The molecule has 3 aliphatic rings. The molecule has 5 heteroatoms. The molecule has 0 saturated carbocycles. The highest BCUT2D eigenvalue weighted by Crippen LogP contribution is 2.33. The number of fused-ring (bicyclic) bond motifs is 1. The Hall–Kier alpha value is -2.53. The van der Waals surface area contributed by atoms with Gasteiger partial charge in [-0.15, -0.1) is 0 Å². The van der Waals surface area contributed by atoms with Gasteiger partial charge in [-0.3, -0.25) is 9.69 Å². The highest BCUT2D eigenvalue weighted by Gasteiger charge is 2.31. The van der Waals surface area contributed by atoms with Crippen LogP contribution in [0.25, 0.3) is 0 Å². The van der Waals surface area contributed by atoms with Crippen LogP contribution in [0.15, 0.2) is 48.5 Å². The van der Waals surface area contributed by atoms with Gasteiger partial charge in [0, 0.05) is 26.2 Å². The lowest BCUT2D eigenvalue weighted by atomic mass is 9.89. The molecule has 2 aromatic carbocycles. The number of likely N-dealkylation sites (tertiary alicyclic amines) is 2. The molecule has 0 aliphatic carbocycles. The largest absolute Gasteiger partial charge is 0.454 e. The Labute approximate surface area is 184 Å². The molecule has 5 nitrogen and oxygen atoms in total. The van der Waals surface area contributed by atoms with Crippen molar-refractivity contribution in [3.63, 3.8) is 0 Å². The number of hydrogen-bond donors (Lipinski definition) is 0. The molecule has 3 heterocycles. The van der Waals surface area contributed by atoms with Gasteiger partial charge < -0.3 is 14.4 Å². The van der Waals surface area contributed by atoms with E-state index in [4.69, 9.17) is 9.47 Å². The van der Waals surface area contributed by atoms with Gasteiger partial charge >= 0.3 is 0 Å². The van der Waals surface area contributed by atoms with Crippen molar-refractivity contribution in [2.75, 3.05) is 33.0 Å². The summed E-state index contributed by atoms with van der Waals surface area (Å²) < 4.78 is 10.9. The fraction of sp³-hybridized carbons (Fsp3) is 0.500. The van der Waals surface area contributed by atoms with Gasteiger partial charge in [0.15, 0.2) is 11.5 Å². The van der Waals surface area contributed by atoms with Crippen molar-refractivity contribution in [1.82, 2.24) is 9.80 Å². The summed E-state index contributed by atoms with van der Waals surface area (Å²) >= 11 is 0. The second-order valence-electron chi connectivity index (χ2n) is 9.22. The van der Waals surface area contributed by atoms with E-state index in [-0.39, 0.29) is 5.92 Å². The van der Waals surface area contributed by atoms with Crippen molar-refractivity contribution in [1.29, 1.82) is 0 Å². The van der Waals surface area contributed by atoms with Crippen molar-refractivity contribution in [2.24, 2.45) is 11.8 Å². The first-order valence-corrected chi connectivity index (χ1v) is 11.7. The summed E-state index contributed by atoms with van der Waals surface area (Å²) in [7, 11) is 0. The summed E-state index contributed by atoms with van der Waals surface area (Å²) in [5.41, 5.74) is 2.64. The van der Waals surface area contributed by atoms with E-state index in [0.717, 1.165) is 76.3 Å². The van der Waals surface area contributed by atoms with E-state index in [9.17, 15) is 4.79 Å². The molecule has 1 unspecified atom stereocenters. The summed E-state index contributed by atoms with van der Waals surface area (Å²) in [6, 6.07) is 16.9. The number of piperidine rings is 2. The van der Waals surface area contributed by atoms with Crippen LogP contribution in [0.5, 0.6) is 11.5 Å². The zero-order valence-corrected chi connectivity index (χ0v) is 18.2. The first-order valence-electron chi connectivity index (χ1n) is 11.7.